The van der Waals surface area contributed by atoms with Crippen molar-refractivity contribution in [3.8, 4) is 0 Å². The molecule has 0 saturated carbocycles. The van der Waals surface area contributed by atoms with E-state index in [1.165, 1.54) is 18.2 Å². The van der Waals surface area contributed by atoms with Crippen molar-refractivity contribution in [2.45, 2.75) is 19.3 Å². The number of allylic oxidation sites excluding steroid dienone is 12. The third-order valence-corrected chi connectivity index (χ3v) is 9.05. The zero-order valence-corrected chi connectivity index (χ0v) is 27.3. The van der Waals surface area contributed by atoms with Gasteiger partial charge in [-0.2, -0.15) is 25.3 Å². The van der Waals surface area contributed by atoms with Gasteiger partial charge in [0, 0.05) is 108 Å². The third-order valence-electron chi connectivity index (χ3n) is 4.28. The first-order chi connectivity index (χ1) is 13.4. The molecule has 0 saturated heterocycles. The Morgan fingerprint density at radius 3 is 1.00 bits per heavy atom. The summed E-state index contributed by atoms with van der Waals surface area (Å²) in [5.41, 5.74) is 0. The van der Waals surface area contributed by atoms with Gasteiger partial charge in [0.1, 0.15) is 0 Å². The third kappa shape index (κ3) is 9.17. The van der Waals surface area contributed by atoms with Crippen LogP contribution in [0, 0.1) is 0 Å². The second-order valence-electron chi connectivity index (χ2n) is 6.02. The van der Waals surface area contributed by atoms with Gasteiger partial charge in [-0.3, -0.25) is 0 Å². The molecule has 157 valence electrons. The fraction of sp³-hybridized carbons (Fsp3) is 0.167. The summed E-state index contributed by atoms with van der Waals surface area (Å²) in [5, 5.41) is 2.52. The smallest absolute Gasteiger partial charge is 0.217 e. The topological polar surface area (TPSA) is 134 Å². The van der Waals surface area contributed by atoms with Gasteiger partial charge in [-0.05, 0) is 42.1 Å². The van der Waals surface area contributed by atoms with Crippen LogP contribution < -0.4 is 0 Å². The molecule has 3 aliphatic rings. The van der Waals surface area contributed by atoms with Gasteiger partial charge < -0.3 is 5.48 Å². The molecule has 0 aromatic heterocycles. The second-order valence-corrected chi connectivity index (χ2v) is 11.4. The van der Waals surface area contributed by atoms with E-state index in [9.17, 15) is 25.3 Å². The van der Waals surface area contributed by atoms with Crippen molar-refractivity contribution in [1.29, 1.82) is 0 Å². The Morgan fingerprint density at radius 2 is 0.781 bits per heavy atom. The van der Waals surface area contributed by atoms with Gasteiger partial charge in [0.2, 0.25) is 30.9 Å². The predicted molar refractivity (Wildman–Crippen MR) is 135 cm³/mol. The fourth-order valence-electron chi connectivity index (χ4n) is 3.05. The SMILES string of the molecule is O.O=S(=O)=C1C=CC=C(P(C2=CC=CC(=S(=O)=O)C2)C2=CC=CC(=S(=O)=O)C2)C1.[Na].[Na].[Na]. The van der Waals surface area contributed by atoms with Gasteiger partial charge in [-0.1, -0.05) is 36.5 Å². The largest absolute Gasteiger partial charge is 0.412 e. The average molecular weight is 541 g/mol. The van der Waals surface area contributed by atoms with E-state index in [4.69, 9.17) is 0 Å². The summed E-state index contributed by atoms with van der Waals surface area (Å²) in [6.07, 6.45) is 15.7. The normalized spacial score (nSPS) is 16.4. The van der Waals surface area contributed by atoms with Crippen LogP contribution in [0.25, 0.3) is 0 Å². The minimum atomic E-state index is -2.35. The summed E-state index contributed by atoms with van der Waals surface area (Å²) in [6, 6.07) is 0. The van der Waals surface area contributed by atoms with Crippen molar-refractivity contribution in [3.63, 3.8) is 0 Å². The monoisotopic (exact) mass is 541 g/mol. The van der Waals surface area contributed by atoms with Crippen molar-refractivity contribution in [3.05, 3.63) is 70.6 Å². The molecule has 3 aliphatic carbocycles. The quantitative estimate of drug-likeness (QED) is 0.285. The predicted octanol–water partition coefficient (Wildman–Crippen LogP) is 0.187. The number of hydrogen-bond donors (Lipinski definition) is 0. The molecule has 32 heavy (non-hydrogen) atoms. The summed E-state index contributed by atoms with van der Waals surface area (Å²) in [4.78, 5) is 0.742. The summed E-state index contributed by atoms with van der Waals surface area (Å²) in [6.45, 7) is 0. The summed E-state index contributed by atoms with van der Waals surface area (Å²) in [7, 11) is -8.28. The molecular formula is C18H17Na3O7PS3. The zero-order valence-electron chi connectivity index (χ0n) is 17.9. The summed E-state index contributed by atoms with van der Waals surface area (Å²) in [5.74, 6) is 0. The van der Waals surface area contributed by atoms with Crippen molar-refractivity contribution in [1.82, 2.24) is 0 Å². The van der Waals surface area contributed by atoms with E-state index in [1.807, 2.05) is 18.2 Å². The van der Waals surface area contributed by atoms with Gasteiger partial charge in [0.05, 0.1) is 14.6 Å². The fourth-order valence-corrected chi connectivity index (χ4v) is 7.55. The Balaban J connectivity index is 0. The molecule has 0 atom stereocenters. The van der Waals surface area contributed by atoms with Gasteiger partial charge in [0.15, 0.2) is 0 Å². The van der Waals surface area contributed by atoms with Gasteiger partial charge in [0.25, 0.3) is 0 Å². The van der Waals surface area contributed by atoms with Crippen LogP contribution in [-0.2, 0) is 30.9 Å². The molecule has 0 fully saturated rings. The number of hydrogen-bond acceptors (Lipinski definition) is 6. The molecule has 0 aromatic rings. The van der Waals surface area contributed by atoms with Gasteiger partial charge in [-0.25, -0.2) is 0 Å². The molecule has 0 aliphatic heterocycles. The molecule has 0 amide bonds. The Hall–Kier alpha value is 0.900. The summed E-state index contributed by atoms with van der Waals surface area (Å²) < 4.78 is 68.6. The molecule has 2 N–H and O–H groups in total. The first-order valence-electron chi connectivity index (χ1n) is 8.14. The molecule has 14 heteroatoms. The number of rotatable bonds is 3. The molecule has 7 nitrogen and oxygen atoms in total. The zero-order chi connectivity index (χ0) is 20.3. The van der Waals surface area contributed by atoms with Crippen LogP contribution in [-0.4, -0.2) is 134 Å². The maximum absolute atomic E-state index is 11.4. The maximum Gasteiger partial charge on any atom is 0.217 e. The minimum absolute atomic E-state index is 0. The molecular weight excluding hydrogens is 524 g/mol. The van der Waals surface area contributed by atoms with E-state index in [0.29, 0.717) is 0 Å². The molecule has 0 heterocycles. The minimum Gasteiger partial charge on any atom is -0.412 e. The van der Waals surface area contributed by atoms with E-state index >= 15 is 0 Å². The van der Waals surface area contributed by atoms with Crippen LogP contribution in [0.4, 0.5) is 0 Å². The van der Waals surface area contributed by atoms with E-state index in [1.54, 1.807) is 18.2 Å². The second kappa shape index (κ2) is 16.5. The first kappa shape index (κ1) is 35.1. The first-order valence-corrected chi connectivity index (χ1v) is 12.7. The Bertz CT molecular complexity index is 1160. The molecule has 0 unspecified atom stereocenters. The van der Waals surface area contributed by atoms with E-state index in [-0.39, 0.29) is 128 Å². The Kier molecular flexibility index (Phi) is 18.1. The van der Waals surface area contributed by atoms with Crippen LogP contribution in [0.5, 0.6) is 0 Å². The van der Waals surface area contributed by atoms with E-state index < -0.39 is 38.8 Å². The molecule has 0 spiro atoms. The van der Waals surface area contributed by atoms with E-state index in [0.717, 1.165) is 15.9 Å². The Labute approximate surface area is 259 Å². The molecule has 3 radical (unpaired) electrons. The molecule has 0 aromatic carbocycles. The van der Waals surface area contributed by atoms with Crippen LogP contribution >= 0.6 is 7.92 Å². The average Bonchev–Trinajstić information content (AvgIpc) is 2.69. The standard InChI is InChI=1S/C18H15O6PS3.3Na.H2O/c19-26(20)16-7-1-4-13(10-16)25(14-5-2-8-17(11-14)27(21)22)15-6-3-9-18(12-15)28(23)24;;;;/h1-9H,10-12H2;;;;1H2. The van der Waals surface area contributed by atoms with Crippen LogP contribution in [0.3, 0.4) is 0 Å². The molecule has 0 bridgehead atoms. The van der Waals surface area contributed by atoms with Crippen molar-refractivity contribution in [2.24, 2.45) is 0 Å². The van der Waals surface area contributed by atoms with Gasteiger partial charge in [-0.15, -0.1) is 0 Å². The van der Waals surface area contributed by atoms with E-state index in [2.05, 4.69) is 0 Å². The molecule has 3 rings (SSSR count). The van der Waals surface area contributed by atoms with Crippen molar-refractivity contribution < 1.29 is 30.7 Å². The van der Waals surface area contributed by atoms with Crippen LogP contribution in [0.15, 0.2) is 70.6 Å². The van der Waals surface area contributed by atoms with Crippen molar-refractivity contribution >= 4 is 142 Å². The Morgan fingerprint density at radius 1 is 0.531 bits per heavy atom. The van der Waals surface area contributed by atoms with Gasteiger partial charge >= 0.3 is 0 Å². The van der Waals surface area contributed by atoms with Crippen molar-refractivity contribution in [2.75, 3.05) is 0 Å². The summed E-state index contributed by atoms with van der Waals surface area (Å²) >= 11 is 0. The maximum atomic E-state index is 11.4. The van der Waals surface area contributed by atoms with Crippen LogP contribution in [0.2, 0.25) is 0 Å². The van der Waals surface area contributed by atoms with Crippen LogP contribution in [0.1, 0.15) is 19.3 Å².